The van der Waals surface area contributed by atoms with Crippen molar-refractivity contribution in [2.45, 2.75) is 6.92 Å². The summed E-state index contributed by atoms with van der Waals surface area (Å²) in [6.07, 6.45) is 2.82. The molecule has 7 nitrogen and oxygen atoms in total. The van der Waals surface area contributed by atoms with Gasteiger partial charge in [-0.15, -0.1) is 0 Å². The first-order valence-electron chi connectivity index (χ1n) is 8.69. The summed E-state index contributed by atoms with van der Waals surface area (Å²) in [6.45, 7) is 1.90. The smallest absolute Gasteiger partial charge is 0.331 e. The Labute approximate surface area is 163 Å². The number of nitrogens with one attached hydrogen (secondary N) is 2. The Bertz CT molecular complexity index is 859. The Kier molecular flexibility index (Phi) is 7.77. The van der Waals surface area contributed by atoms with E-state index in [0.717, 1.165) is 5.56 Å². The van der Waals surface area contributed by atoms with E-state index in [1.807, 2.05) is 6.92 Å². The second-order valence-corrected chi connectivity index (χ2v) is 5.70. The van der Waals surface area contributed by atoms with E-state index in [1.165, 1.54) is 6.08 Å². The van der Waals surface area contributed by atoms with Crippen LogP contribution in [0.3, 0.4) is 0 Å². The van der Waals surface area contributed by atoms with E-state index >= 15 is 0 Å². The zero-order chi connectivity index (χ0) is 20.4. The maximum atomic E-state index is 11.9. The fourth-order valence-corrected chi connectivity index (χ4v) is 2.26. The standard InChI is InChI=1S/C21H22N2O5/c1-3-22-21(26)16-5-4-6-17(13-16)23-19(24)14-28-20(25)12-9-15-7-10-18(27-2)11-8-15/h4-13H,3,14H2,1-2H3,(H,22,26)(H,23,24)/b12-9+. The van der Waals surface area contributed by atoms with E-state index in [4.69, 9.17) is 9.47 Å². The highest BCUT2D eigenvalue weighted by Gasteiger charge is 2.08. The van der Waals surface area contributed by atoms with Crippen molar-refractivity contribution in [3.63, 3.8) is 0 Å². The van der Waals surface area contributed by atoms with Crippen molar-refractivity contribution in [3.05, 3.63) is 65.7 Å². The molecule has 2 aromatic rings. The molecule has 0 saturated carbocycles. The highest BCUT2D eigenvalue weighted by molar-refractivity contribution is 5.98. The average Bonchev–Trinajstić information content (AvgIpc) is 2.71. The summed E-state index contributed by atoms with van der Waals surface area (Å²) in [7, 11) is 1.57. The van der Waals surface area contributed by atoms with Crippen LogP contribution in [-0.4, -0.2) is 38.0 Å². The van der Waals surface area contributed by atoms with Crippen LogP contribution in [0.1, 0.15) is 22.8 Å². The Morgan fingerprint density at radius 3 is 2.50 bits per heavy atom. The number of hydrogen-bond acceptors (Lipinski definition) is 5. The van der Waals surface area contributed by atoms with Gasteiger partial charge in [0.15, 0.2) is 6.61 Å². The van der Waals surface area contributed by atoms with E-state index < -0.39 is 18.5 Å². The van der Waals surface area contributed by atoms with Crippen LogP contribution in [0, 0.1) is 0 Å². The van der Waals surface area contributed by atoms with Gasteiger partial charge in [-0.3, -0.25) is 9.59 Å². The Morgan fingerprint density at radius 2 is 1.82 bits per heavy atom. The molecule has 146 valence electrons. The van der Waals surface area contributed by atoms with Crippen molar-refractivity contribution in [1.29, 1.82) is 0 Å². The average molecular weight is 382 g/mol. The molecule has 2 rings (SSSR count). The Balaban J connectivity index is 1.83. The van der Waals surface area contributed by atoms with Crippen LogP contribution in [-0.2, 0) is 14.3 Å². The molecule has 0 aromatic heterocycles. The van der Waals surface area contributed by atoms with Gasteiger partial charge in [-0.05, 0) is 48.9 Å². The normalized spacial score (nSPS) is 10.4. The van der Waals surface area contributed by atoms with Gasteiger partial charge in [0.1, 0.15) is 5.75 Å². The summed E-state index contributed by atoms with van der Waals surface area (Å²) < 4.78 is 9.98. The largest absolute Gasteiger partial charge is 0.497 e. The van der Waals surface area contributed by atoms with Crippen LogP contribution in [0.15, 0.2) is 54.6 Å². The lowest BCUT2D eigenvalue weighted by atomic mass is 10.2. The molecule has 0 aliphatic rings. The maximum Gasteiger partial charge on any atom is 0.331 e. The summed E-state index contributed by atoms with van der Waals surface area (Å²) in [6, 6.07) is 13.6. The molecular weight excluding hydrogens is 360 g/mol. The molecule has 0 spiro atoms. The zero-order valence-electron chi connectivity index (χ0n) is 15.7. The number of carbonyl (C=O) groups is 3. The molecule has 2 aromatic carbocycles. The summed E-state index contributed by atoms with van der Waals surface area (Å²) in [4.78, 5) is 35.5. The number of methoxy groups -OCH3 is 1. The van der Waals surface area contributed by atoms with E-state index in [2.05, 4.69) is 10.6 Å². The van der Waals surface area contributed by atoms with Crippen LogP contribution < -0.4 is 15.4 Å². The van der Waals surface area contributed by atoms with Gasteiger partial charge in [-0.2, -0.15) is 0 Å². The van der Waals surface area contributed by atoms with Crippen molar-refractivity contribution < 1.29 is 23.9 Å². The van der Waals surface area contributed by atoms with E-state index in [9.17, 15) is 14.4 Å². The first-order valence-corrected chi connectivity index (χ1v) is 8.69. The summed E-state index contributed by atoms with van der Waals surface area (Å²) >= 11 is 0. The van der Waals surface area contributed by atoms with E-state index in [-0.39, 0.29) is 5.91 Å². The molecule has 0 atom stereocenters. The van der Waals surface area contributed by atoms with Gasteiger partial charge in [0, 0.05) is 23.9 Å². The minimum absolute atomic E-state index is 0.228. The molecule has 0 aliphatic heterocycles. The van der Waals surface area contributed by atoms with Crippen LogP contribution in [0.2, 0.25) is 0 Å². The predicted octanol–water partition coefficient (Wildman–Crippen LogP) is 2.64. The lowest BCUT2D eigenvalue weighted by Crippen LogP contribution is -2.23. The van der Waals surface area contributed by atoms with Crippen molar-refractivity contribution in [2.24, 2.45) is 0 Å². The van der Waals surface area contributed by atoms with Crippen LogP contribution in [0.5, 0.6) is 5.75 Å². The monoisotopic (exact) mass is 382 g/mol. The number of amides is 2. The fraction of sp³-hybridized carbons (Fsp3) is 0.190. The third-order valence-corrected chi connectivity index (χ3v) is 3.62. The van der Waals surface area contributed by atoms with E-state index in [0.29, 0.717) is 23.5 Å². The number of ether oxygens (including phenoxy) is 2. The topological polar surface area (TPSA) is 93.7 Å². The highest BCUT2D eigenvalue weighted by atomic mass is 16.5. The minimum Gasteiger partial charge on any atom is -0.497 e. The van der Waals surface area contributed by atoms with Crippen LogP contribution in [0.4, 0.5) is 5.69 Å². The summed E-state index contributed by atoms with van der Waals surface area (Å²) in [5, 5.41) is 5.27. The number of carbonyl (C=O) groups excluding carboxylic acids is 3. The third-order valence-electron chi connectivity index (χ3n) is 3.62. The number of benzene rings is 2. The molecule has 28 heavy (non-hydrogen) atoms. The molecule has 2 N–H and O–H groups in total. The Morgan fingerprint density at radius 1 is 1.07 bits per heavy atom. The fourth-order valence-electron chi connectivity index (χ4n) is 2.26. The van der Waals surface area contributed by atoms with Crippen molar-refractivity contribution in [1.82, 2.24) is 5.32 Å². The zero-order valence-corrected chi connectivity index (χ0v) is 15.7. The van der Waals surface area contributed by atoms with Gasteiger partial charge in [-0.25, -0.2) is 4.79 Å². The van der Waals surface area contributed by atoms with Gasteiger partial charge in [0.2, 0.25) is 0 Å². The molecule has 2 amide bonds. The van der Waals surface area contributed by atoms with Gasteiger partial charge in [0.05, 0.1) is 7.11 Å². The lowest BCUT2D eigenvalue weighted by molar-refractivity contribution is -0.142. The predicted molar refractivity (Wildman–Crippen MR) is 106 cm³/mol. The van der Waals surface area contributed by atoms with Gasteiger partial charge in [0.25, 0.3) is 11.8 Å². The van der Waals surface area contributed by atoms with Crippen LogP contribution >= 0.6 is 0 Å². The molecule has 0 radical (unpaired) electrons. The molecule has 0 bridgehead atoms. The number of rotatable bonds is 8. The first kappa shape index (κ1) is 20.7. The second-order valence-electron chi connectivity index (χ2n) is 5.70. The molecule has 0 unspecified atom stereocenters. The summed E-state index contributed by atoms with van der Waals surface area (Å²) in [5.41, 5.74) is 1.67. The van der Waals surface area contributed by atoms with Crippen molar-refractivity contribution in [2.75, 3.05) is 25.6 Å². The quantitative estimate of drug-likeness (QED) is 0.541. The Hall–Kier alpha value is -3.61. The SMILES string of the molecule is CCNC(=O)c1cccc(NC(=O)COC(=O)/C=C/c2ccc(OC)cc2)c1. The van der Waals surface area contributed by atoms with Crippen molar-refractivity contribution >= 4 is 29.5 Å². The number of anilines is 1. The molecule has 7 heteroatoms. The van der Waals surface area contributed by atoms with Gasteiger partial charge in [-0.1, -0.05) is 18.2 Å². The highest BCUT2D eigenvalue weighted by Crippen LogP contribution is 2.12. The summed E-state index contributed by atoms with van der Waals surface area (Å²) in [5.74, 6) is -0.650. The molecule has 0 fully saturated rings. The minimum atomic E-state index is -0.637. The molecular formula is C21H22N2O5. The van der Waals surface area contributed by atoms with Gasteiger partial charge < -0.3 is 20.1 Å². The second kappa shape index (κ2) is 10.5. The van der Waals surface area contributed by atoms with E-state index in [1.54, 1.807) is 61.7 Å². The molecule has 0 aliphatic carbocycles. The van der Waals surface area contributed by atoms with Gasteiger partial charge >= 0.3 is 5.97 Å². The number of esters is 1. The van der Waals surface area contributed by atoms with Crippen molar-refractivity contribution in [3.8, 4) is 5.75 Å². The first-order chi connectivity index (χ1) is 13.5. The maximum absolute atomic E-state index is 11.9. The number of hydrogen-bond donors (Lipinski definition) is 2. The lowest BCUT2D eigenvalue weighted by Gasteiger charge is -2.07. The molecule has 0 saturated heterocycles. The molecule has 0 heterocycles. The third kappa shape index (κ3) is 6.60. The van der Waals surface area contributed by atoms with Crippen LogP contribution in [0.25, 0.3) is 6.08 Å².